The van der Waals surface area contributed by atoms with Gasteiger partial charge in [-0.15, -0.1) is 11.3 Å². The van der Waals surface area contributed by atoms with Crippen LogP contribution in [0.25, 0.3) is 11.8 Å². The first kappa shape index (κ1) is 29.1. The molecule has 14 heteroatoms. The molecule has 2 fully saturated rings. The number of aryl methyl sites for hydroxylation is 2. The minimum absolute atomic E-state index is 0.0704. The Morgan fingerprint density at radius 1 is 1.07 bits per heavy atom. The molecule has 3 aromatic heterocycles. The van der Waals surface area contributed by atoms with Crippen LogP contribution in [0.3, 0.4) is 0 Å². The third kappa shape index (κ3) is 4.74. The Morgan fingerprint density at radius 3 is 2.45 bits per heavy atom. The van der Waals surface area contributed by atoms with Crippen LogP contribution in [0.1, 0.15) is 58.0 Å². The summed E-state index contributed by atoms with van der Waals surface area (Å²) in [7, 11) is -2.62. The average Bonchev–Trinajstić information content (AvgIpc) is 3.70. The van der Waals surface area contributed by atoms with E-state index in [9.17, 15) is 26.4 Å². The lowest BCUT2D eigenvalue weighted by molar-refractivity contribution is -0.116. The number of alkyl halides is 2. The Kier molecular flexibility index (Phi) is 6.75. The number of ketones is 1. The van der Waals surface area contributed by atoms with Gasteiger partial charge in [0.15, 0.2) is 5.01 Å². The molecule has 0 saturated heterocycles. The van der Waals surface area contributed by atoms with Crippen LogP contribution in [0, 0.1) is 18.2 Å². The number of sulfonamides is 1. The number of benzene rings is 1. The van der Waals surface area contributed by atoms with Crippen LogP contribution in [0.15, 0.2) is 59.5 Å². The van der Waals surface area contributed by atoms with Gasteiger partial charge in [0.25, 0.3) is 5.92 Å². The first-order chi connectivity index (χ1) is 20.9. The summed E-state index contributed by atoms with van der Waals surface area (Å²) in [4.78, 5) is 19.7. The fourth-order valence-corrected chi connectivity index (χ4v) is 9.53. The van der Waals surface area contributed by atoms with Crippen molar-refractivity contribution in [2.24, 2.45) is 12.5 Å². The Balaban J connectivity index is 1.32. The standard InChI is InChI=1S/C30H29F3N6O3S2/c1-18-14-34-28(43-18)27(40)29-10-19-15-36-38(22-7-4-21(31)5-8-22)26(19)9-20(29)3-6-23(11-29)39(24-12-30(32,33)13-24)44(41,42)25-16-35-37(2)17-25/h4-5,7-9,14-17,23-24H,3,6,10-13H2,1-2H3/t23-,29-/m0/s1. The maximum atomic E-state index is 14.5. The van der Waals surface area contributed by atoms with Gasteiger partial charge in [-0.3, -0.25) is 9.48 Å². The molecule has 0 amide bonds. The smallest absolute Gasteiger partial charge is 0.251 e. The van der Waals surface area contributed by atoms with E-state index in [2.05, 4.69) is 15.2 Å². The summed E-state index contributed by atoms with van der Waals surface area (Å²) in [5, 5.41) is 8.88. The number of hydrogen-bond acceptors (Lipinski definition) is 7. The molecule has 3 aliphatic carbocycles. The predicted octanol–water partition coefficient (Wildman–Crippen LogP) is 5.36. The van der Waals surface area contributed by atoms with Gasteiger partial charge in [-0.25, -0.2) is 31.3 Å². The molecule has 9 nitrogen and oxygen atoms in total. The van der Waals surface area contributed by atoms with Gasteiger partial charge >= 0.3 is 0 Å². The fourth-order valence-electron chi connectivity index (χ4n) is 6.91. The van der Waals surface area contributed by atoms with Gasteiger partial charge in [-0.1, -0.05) is 5.57 Å². The fraction of sp³-hybridized carbons (Fsp3) is 0.400. The maximum Gasteiger partial charge on any atom is 0.251 e. The lowest BCUT2D eigenvalue weighted by Gasteiger charge is -2.50. The number of halogens is 3. The monoisotopic (exact) mass is 642 g/mol. The van der Waals surface area contributed by atoms with Crippen LogP contribution in [0.5, 0.6) is 0 Å². The van der Waals surface area contributed by atoms with Gasteiger partial charge in [-0.05, 0) is 68.5 Å². The molecule has 3 aliphatic rings. The predicted molar refractivity (Wildman–Crippen MR) is 157 cm³/mol. The number of thiazole rings is 1. The highest BCUT2D eigenvalue weighted by Crippen LogP contribution is 2.53. The summed E-state index contributed by atoms with van der Waals surface area (Å²) in [5.74, 6) is -3.54. The van der Waals surface area contributed by atoms with Crippen LogP contribution in [-0.2, 0) is 23.5 Å². The van der Waals surface area contributed by atoms with Crippen molar-refractivity contribution in [1.82, 2.24) is 28.9 Å². The molecule has 4 aromatic rings. The third-order valence-corrected chi connectivity index (χ3v) is 11.9. The van der Waals surface area contributed by atoms with Gasteiger partial charge in [0, 0.05) is 49.2 Å². The minimum Gasteiger partial charge on any atom is -0.290 e. The van der Waals surface area contributed by atoms with Crippen molar-refractivity contribution in [1.29, 1.82) is 0 Å². The van der Waals surface area contributed by atoms with Gasteiger partial charge in [0.05, 0.1) is 29.2 Å². The normalized spacial score (nSPS) is 23.1. The van der Waals surface area contributed by atoms with Crippen LogP contribution in [-0.4, -0.2) is 61.1 Å². The highest BCUT2D eigenvalue weighted by atomic mass is 32.2. The molecule has 1 aromatic carbocycles. The molecule has 7 rings (SSSR count). The van der Waals surface area contributed by atoms with Crippen LogP contribution in [0.2, 0.25) is 0 Å². The number of Topliss-reactive ketones (excluding diaryl/α,β-unsaturated/α-hetero) is 1. The van der Waals surface area contributed by atoms with Crippen molar-refractivity contribution in [3.63, 3.8) is 0 Å². The van der Waals surface area contributed by atoms with E-state index in [4.69, 9.17) is 0 Å². The number of carbonyl (C=O) groups excluding carboxylic acids is 1. The lowest BCUT2D eigenvalue weighted by atomic mass is 9.60. The molecule has 0 N–H and O–H groups in total. The largest absolute Gasteiger partial charge is 0.290 e. The molecular formula is C30H29F3N6O3S2. The summed E-state index contributed by atoms with van der Waals surface area (Å²) in [6.07, 6.45) is 7.75. The summed E-state index contributed by atoms with van der Waals surface area (Å²) in [6.45, 7) is 1.86. The Bertz CT molecular complexity index is 1900. The molecule has 2 atom stereocenters. The molecule has 0 bridgehead atoms. The Labute approximate surface area is 256 Å². The molecule has 230 valence electrons. The molecule has 0 spiro atoms. The Morgan fingerprint density at radius 2 is 1.82 bits per heavy atom. The van der Waals surface area contributed by atoms with Crippen molar-refractivity contribution in [3.8, 4) is 5.69 Å². The maximum absolute atomic E-state index is 14.5. The molecule has 0 unspecified atom stereocenters. The van der Waals surface area contributed by atoms with E-state index in [1.807, 2.05) is 13.0 Å². The zero-order valence-electron chi connectivity index (χ0n) is 24.0. The molecule has 2 saturated carbocycles. The van der Waals surface area contributed by atoms with Crippen LogP contribution < -0.4 is 0 Å². The molecular weight excluding hydrogens is 613 g/mol. The van der Waals surface area contributed by atoms with E-state index >= 15 is 0 Å². The zero-order chi connectivity index (χ0) is 31.0. The third-order valence-electron chi connectivity index (χ3n) is 9.00. The quantitative estimate of drug-likeness (QED) is 0.252. The van der Waals surface area contributed by atoms with E-state index in [1.165, 1.54) is 44.9 Å². The average molecular weight is 643 g/mol. The second-order valence-electron chi connectivity index (χ2n) is 12.0. The lowest BCUT2D eigenvalue weighted by Crippen LogP contribution is -2.59. The Hall–Kier alpha value is -3.62. The van der Waals surface area contributed by atoms with Crippen molar-refractivity contribution < 1.29 is 26.4 Å². The van der Waals surface area contributed by atoms with Crippen molar-refractivity contribution in [2.45, 2.75) is 68.4 Å². The van der Waals surface area contributed by atoms with E-state index in [0.29, 0.717) is 23.5 Å². The molecule has 0 radical (unpaired) electrons. The summed E-state index contributed by atoms with van der Waals surface area (Å²) in [6, 6.07) is 4.34. The topological polar surface area (TPSA) is 103 Å². The van der Waals surface area contributed by atoms with Gasteiger partial charge in [-0.2, -0.15) is 14.5 Å². The zero-order valence-corrected chi connectivity index (χ0v) is 25.6. The van der Waals surface area contributed by atoms with E-state index in [-0.39, 0.29) is 29.3 Å². The minimum atomic E-state index is -4.21. The van der Waals surface area contributed by atoms with Crippen molar-refractivity contribution in [2.75, 3.05) is 0 Å². The highest BCUT2D eigenvalue weighted by Gasteiger charge is 2.57. The van der Waals surface area contributed by atoms with Gasteiger partial charge in [0.1, 0.15) is 10.7 Å². The van der Waals surface area contributed by atoms with Crippen LogP contribution in [0.4, 0.5) is 13.2 Å². The van der Waals surface area contributed by atoms with Crippen LogP contribution >= 0.6 is 11.3 Å². The second-order valence-corrected chi connectivity index (χ2v) is 15.1. The van der Waals surface area contributed by atoms with E-state index in [0.717, 1.165) is 21.7 Å². The van der Waals surface area contributed by atoms with Gasteiger partial charge in [0.2, 0.25) is 15.8 Å². The summed E-state index contributed by atoms with van der Waals surface area (Å²) < 4.78 is 74.4. The highest BCUT2D eigenvalue weighted by molar-refractivity contribution is 7.89. The number of hydrogen-bond donors (Lipinski definition) is 0. The first-order valence-corrected chi connectivity index (χ1v) is 16.5. The number of allylic oxidation sites excluding steroid dienone is 1. The SMILES string of the molecule is Cc1cnc(C(=O)[C@]23Cc4cnn(-c5ccc(F)cc5)c4C=C2CC[C@H](N(C2CC(F)(F)C2)S(=O)(=O)c2cnn(C)c2)C3)s1. The second kappa shape index (κ2) is 10.2. The van der Waals surface area contributed by atoms with Crippen molar-refractivity contribution in [3.05, 3.63) is 81.6 Å². The first-order valence-electron chi connectivity index (χ1n) is 14.3. The van der Waals surface area contributed by atoms with Gasteiger partial charge < -0.3 is 0 Å². The number of aromatic nitrogens is 5. The number of fused-ring (bicyclic) bond motifs is 2. The summed E-state index contributed by atoms with van der Waals surface area (Å²) >= 11 is 1.27. The van der Waals surface area contributed by atoms with Crippen molar-refractivity contribution >= 4 is 33.2 Å². The number of rotatable bonds is 7. The molecule has 44 heavy (non-hydrogen) atoms. The summed E-state index contributed by atoms with van der Waals surface area (Å²) in [5.41, 5.74) is 1.87. The van der Waals surface area contributed by atoms with E-state index in [1.54, 1.807) is 36.3 Å². The number of nitrogens with zero attached hydrogens (tertiary/aromatic N) is 6. The molecule has 3 heterocycles. The number of carbonyl (C=O) groups is 1. The molecule has 0 aliphatic heterocycles. The van der Waals surface area contributed by atoms with E-state index < -0.39 is 46.3 Å².